The molecule has 0 N–H and O–H groups in total. The van der Waals surface area contributed by atoms with E-state index in [9.17, 15) is 4.79 Å². The molecule has 0 aliphatic rings. The molecule has 0 fully saturated rings. The summed E-state index contributed by atoms with van der Waals surface area (Å²) in [5, 5.41) is 4.63. The summed E-state index contributed by atoms with van der Waals surface area (Å²) < 4.78 is 6.31. The van der Waals surface area contributed by atoms with E-state index in [2.05, 4.69) is 5.10 Å². The maximum atomic E-state index is 11.7. The van der Waals surface area contributed by atoms with Crippen LogP contribution >= 0.6 is 11.6 Å². The van der Waals surface area contributed by atoms with E-state index in [0.717, 1.165) is 0 Å². The number of benzene rings is 1. The van der Waals surface area contributed by atoms with E-state index >= 15 is 0 Å². The van der Waals surface area contributed by atoms with E-state index in [-0.39, 0.29) is 5.41 Å². The van der Waals surface area contributed by atoms with E-state index in [1.54, 1.807) is 24.3 Å². The van der Waals surface area contributed by atoms with Gasteiger partial charge in [0.2, 0.25) is 5.89 Å². The summed E-state index contributed by atoms with van der Waals surface area (Å²) in [6.07, 6.45) is 0. The third-order valence-corrected chi connectivity index (χ3v) is 2.59. The van der Waals surface area contributed by atoms with Crippen LogP contribution in [-0.4, -0.2) is 9.78 Å². The molecule has 2 rings (SSSR count). The SMILES string of the molecule is CC(C)(C)c1nn(-c2ccccc2Cl)c(=O)o1. The van der Waals surface area contributed by atoms with Crippen molar-refractivity contribution < 1.29 is 4.42 Å². The molecule has 0 amide bonds. The first-order valence-electron chi connectivity index (χ1n) is 5.25. The van der Waals surface area contributed by atoms with Crippen molar-refractivity contribution in [2.75, 3.05) is 0 Å². The number of rotatable bonds is 1. The third-order valence-electron chi connectivity index (χ3n) is 2.27. The standard InChI is InChI=1S/C12H13ClN2O2/c1-12(2,3)10-14-15(11(16)17-10)9-7-5-4-6-8(9)13/h4-7H,1-3H3. The fourth-order valence-electron chi connectivity index (χ4n) is 1.36. The Morgan fingerprint density at radius 1 is 1.29 bits per heavy atom. The van der Waals surface area contributed by atoms with E-state index in [0.29, 0.717) is 16.6 Å². The zero-order valence-electron chi connectivity index (χ0n) is 9.90. The highest BCUT2D eigenvalue weighted by Gasteiger charge is 2.23. The van der Waals surface area contributed by atoms with Crippen molar-refractivity contribution in [3.05, 3.63) is 45.7 Å². The van der Waals surface area contributed by atoms with Crippen molar-refractivity contribution in [3.63, 3.8) is 0 Å². The molecule has 0 spiro atoms. The Bertz CT molecular complexity index is 593. The van der Waals surface area contributed by atoms with Crippen LogP contribution < -0.4 is 5.76 Å². The molecule has 4 nitrogen and oxygen atoms in total. The monoisotopic (exact) mass is 252 g/mol. The van der Waals surface area contributed by atoms with Gasteiger partial charge in [-0.2, -0.15) is 4.68 Å². The maximum Gasteiger partial charge on any atom is 0.442 e. The largest absolute Gasteiger partial charge is 0.442 e. The van der Waals surface area contributed by atoms with Crippen molar-refractivity contribution >= 4 is 11.6 Å². The number of aromatic nitrogens is 2. The first-order chi connectivity index (χ1) is 7.89. The molecule has 2 aromatic rings. The molecule has 0 aliphatic heterocycles. The lowest BCUT2D eigenvalue weighted by atomic mass is 9.97. The average molecular weight is 253 g/mol. The zero-order valence-corrected chi connectivity index (χ0v) is 10.7. The van der Waals surface area contributed by atoms with Crippen LogP contribution in [0.5, 0.6) is 0 Å². The lowest BCUT2D eigenvalue weighted by molar-refractivity contribution is 0.375. The Kier molecular flexibility index (Phi) is 2.83. The molecule has 1 aromatic carbocycles. The van der Waals surface area contributed by atoms with Crippen molar-refractivity contribution in [1.82, 2.24) is 9.78 Å². The third kappa shape index (κ3) is 2.26. The molecule has 5 heteroatoms. The van der Waals surface area contributed by atoms with Gasteiger partial charge in [-0.3, -0.25) is 0 Å². The molecule has 0 saturated carbocycles. The highest BCUT2D eigenvalue weighted by atomic mass is 35.5. The maximum absolute atomic E-state index is 11.7. The predicted octanol–water partition coefficient (Wildman–Crippen LogP) is 2.78. The lowest BCUT2D eigenvalue weighted by Gasteiger charge is -2.10. The predicted molar refractivity (Wildman–Crippen MR) is 65.8 cm³/mol. The summed E-state index contributed by atoms with van der Waals surface area (Å²) in [4.78, 5) is 11.7. The first kappa shape index (κ1) is 11.9. The quantitative estimate of drug-likeness (QED) is 0.784. The van der Waals surface area contributed by atoms with Crippen LogP contribution in [0.4, 0.5) is 0 Å². The molecule has 0 radical (unpaired) electrons. The Morgan fingerprint density at radius 3 is 2.47 bits per heavy atom. The number of hydrogen-bond donors (Lipinski definition) is 0. The summed E-state index contributed by atoms with van der Waals surface area (Å²) in [5.41, 5.74) is 0.212. The van der Waals surface area contributed by atoms with Gasteiger partial charge < -0.3 is 4.42 Å². The molecule has 17 heavy (non-hydrogen) atoms. The van der Waals surface area contributed by atoms with Crippen LogP contribution in [0, 0.1) is 0 Å². The second kappa shape index (κ2) is 4.04. The molecule has 0 aliphatic carbocycles. The molecule has 1 aromatic heterocycles. The van der Waals surface area contributed by atoms with Gasteiger partial charge >= 0.3 is 5.76 Å². The molecule has 0 atom stereocenters. The van der Waals surface area contributed by atoms with Gasteiger partial charge in [-0.15, -0.1) is 5.10 Å². The molecular formula is C12H13ClN2O2. The molecular weight excluding hydrogens is 240 g/mol. The second-order valence-corrected chi connectivity index (χ2v) is 5.19. The van der Waals surface area contributed by atoms with Gasteiger partial charge in [0.25, 0.3) is 0 Å². The normalized spacial score (nSPS) is 11.8. The Balaban J connectivity index is 2.59. The highest BCUT2D eigenvalue weighted by molar-refractivity contribution is 6.32. The van der Waals surface area contributed by atoms with Crippen LogP contribution in [0.3, 0.4) is 0 Å². The minimum atomic E-state index is -0.525. The van der Waals surface area contributed by atoms with Crippen molar-refractivity contribution in [1.29, 1.82) is 0 Å². The van der Waals surface area contributed by atoms with Gasteiger partial charge in [0.1, 0.15) is 0 Å². The van der Waals surface area contributed by atoms with Gasteiger partial charge in [0.05, 0.1) is 10.7 Å². The summed E-state index contributed by atoms with van der Waals surface area (Å²) in [6, 6.07) is 7.01. The fourth-order valence-corrected chi connectivity index (χ4v) is 1.57. The van der Waals surface area contributed by atoms with E-state index in [4.69, 9.17) is 16.0 Å². The van der Waals surface area contributed by atoms with E-state index in [1.807, 2.05) is 20.8 Å². The van der Waals surface area contributed by atoms with Crippen LogP contribution in [0.2, 0.25) is 5.02 Å². The topological polar surface area (TPSA) is 48.0 Å². The van der Waals surface area contributed by atoms with Crippen molar-refractivity contribution in [3.8, 4) is 5.69 Å². The van der Waals surface area contributed by atoms with Crippen LogP contribution in [-0.2, 0) is 5.41 Å². The minimum absolute atomic E-state index is 0.314. The lowest BCUT2D eigenvalue weighted by Crippen LogP contribution is -2.14. The Hall–Kier alpha value is -1.55. The summed E-state index contributed by atoms with van der Waals surface area (Å²) in [7, 11) is 0. The minimum Gasteiger partial charge on any atom is -0.391 e. The van der Waals surface area contributed by atoms with Gasteiger partial charge in [-0.1, -0.05) is 44.5 Å². The molecule has 0 unspecified atom stereocenters. The average Bonchev–Trinajstić information content (AvgIpc) is 2.61. The number of hydrogen-bond acceptors (Lipinski definition) is 3. The highest BCUT2D eigenvalue weighted by Crippen LogP contribution is 2.21. The van der Waals surface area contributed by atoms with Crippen molar-refractivity contribution in [2.24, 2.45) is 0 Å². The Labute approximate surface area is 104 Å². The fraction of sp³-hybridized carbons (Fsp3) is 0.333. The smallest absolute Gasteiger partial charge is 0.391 e. The van der Waals surface area contributed by atoms with Gasteiger partial charge in [-0.05, 0) is 12.1 Å². The molecule has 1 heterocycles. The molecule has 0 bridgehead atoms. The van der Waals surface area contributed by atoms with Crippen LogP contribution in [0.1, 0.15) is 26.7 Å². The summed E-state index contributed by atoms with van der Waals surface area (Å²) in [5.74, 6) is -0.134. The van der Waals surface area contributed by atoms with E-state index < -0.39 is 5.76 Å². The Morgan fingerprint density at radius 2 is 1.94 bits per heavy atom. The second-order valence-electron chi connectivity index (χ2n) is 4.79. The number of para-hydroxylation sites is 1. The first-order valence-corrected chi connectivity index (χ1v) is 5.63. The number of nitrogens with zero attached hydrogens (tertiary/aromatic N) is 2. The van der Waals surface area contributed by atoms with Crippen molar-refractivity contribution in [2.45, 2.75) is 26.2 Å². The number of halogens is 1. The van der Waals surface area contributed by atoms with Gasteiger partial charge in [-0.25, -0.2) is 4.79 Å². The molecule has 0 saturated heterocycles. The van der Waals surface area contributed by atoms with Gasteiger partial charge in [0.15, 0.2) is 0 Å². The van der Waals surface area contributed by atoms with Crippen LogP contribution in [0.25, 0.3) is 5.69 Å². The summed E-state index contributed by atoms with van der Waals surface area (Å²) in [6.45, 7) is 5.78. The zero-order chi connectivity index (χ0) is 12.6. The van der Waals surface area contributed by atoms with Crippen LogP contribution in [0.15, 0.2) is 33.5 Å². The van der Waals surface area contributed by atoms with Gasteiger partial charge in [0, 0.05) is 5.41 Å². The summed E-state index contributed by atoms with van der Waals surface area (Å²) >= 11 is 6.01. The molecule has 90 valence electrons. The van der Waals surface area contributed by atoms with E-state index in [1.165, 1.54) is 4.68 Å².